The van der Waals surface area contributed by atoms with Crippen LogP contribution in [0.2, 0.25) is 0 Å². The highest BCUT2D eigenvalue weighted by Gasteiger charge is 2.28. The lowest BCUT2D eigenvalue weighted by Gasteiger charge is -2.17. The van der Waals surface area contributed by atoms with Gasteiger partial charge >= 0.3 is 5.97 Å². The van der Waals surface area contributed by atoms with Gasteiger partial charge in [0.25, 0.3) is 11.4 Å². The summed E-state index contributed by atoms with van der Waals surface area (Å²) in [4.78, 5) is 46.5. The lowest BCUT2D eigenvalue weighted by atomic mass is 9.99. The summed E-state index contributed by atoms with van der Waals surface area (Å²) in [5.41, 5.74) is 0.525. The van der Waals surface area contributed by atoms with Crippen molar-refractivity contribution in [2.75, 3.05) is 0 Å². The number of benzene rings is 3. The molecule has 0 bridgehead atoms. The summed E-state index contributed by atoms with van der Waals surface area (Å²) in [6.07, 6.45) is -1.36. The number of non-ortho nitro benzene ring substituents is 1. The molecule has 0 aliphatic rings. The molecule has 0 heterocycles. The van der Waals surface area contributed by atoms with E-state index in [2.05, 4.69) is 0 Å². The van der Waals surface area contributed by atoms with Gasteiger partial charge < -0.3 is 4.74 Å². The van der Waals surface area contributed by atoms with Crippen molar-refractivity contribution in [3.05, 3.63) is 115 Å². The standard InChI is InChI=1S/C22H16N2O7/c1-14-13-17(9-12-19(14)24(29)30)22(26)31-21(20(25)15-5-3-2-4-6-15)16-7-10-18(11-8-16)23(27)28/h2-13,21H,1H3/t21-/m0/s1. The SMILES string of the molecule is Cc1cc(C(=O)O[C@H](C(=O)c2ccccc2)c2ccc([N+](=O)[O-])cc2)ccc1[N+](=O)[O-]. The minimum atomic E-state index is -1.36. The van der Waals surface area contributed by atoms with Crippen LogP contribution in [0.5, 0.6) is 0 Å². The molecule has 0 unspecified atom stereocenters. The highest BCUT2D eigenvalue weighted by molar-refractivity contribution is 6.02. The molecule has 0 spiro atoms. The van der Waals surface area contributed by atoms with Crippen molar-refractivity contribution in [2.45, 2.75) is 13.0 Å². The fourth-order valence-corrected chi connectivity index (χ4v) is 2.96. The monoisotopic (exact) mass is 420 g/mol. The van der Waals surface area contributed by atoms with Gasteiger partial charge in [0.1, 0.15) is 0 Å². The molecular weight excluding hydrogens is 404 g/mol. The van der Waals surface area contributed by atoms with Crippen LogP contribution in [0.1, 0.15) is 37.9 Å². The van der Waals surface area contributed by atoms with Crippen LogP contribution in [-0.2, 0) is 4.74 Å². The molecule has 0 saturated carbocycles. The molecule has 3 aromatic rings. The van der Waals surface area contributed by atoms with Gasteiger partial charge in [-0.25, -0.2) is 4.79 Å². The van der Waals surface area contributed by atoms with Crippen LogP contribution in [0, 0.1) is 27.2 Å². The minimum absolute atomic E-state index is 0.0378. The number of rotatable bonds is 7. The van der Waals surface area contributed by atoms with Crippen molar-refractivity contribution < 1.29 is 24.2 Å². The van der Waals surface area contributed by atoms with Gasteiger partial charge in [-0.3, -0.25) is 25.0 Å². The molecule has 9 nitrogen and oxygen atoms in total. The zero-order chi connectivity index (χ0) is 22.5. The number of carbonyl (C=O) groups is 2. The molecule has 0 amide bonds. The Labute approximate surface area is 176 Å². The van der Waals surface area contributed by atoms with Gasteiger partial charge in [-0.15, -0.1) is 0 Å². The average molecular weight is 420 g/mol. The number of Topliss-reactive ketones (excluding diaryl/α,β-unsaturated/α-hetero) is 1. The average Bonchev–Trinajstić information content (AvgIpc) is 2.77. The number of hydrogen-bond acceptors (Lipinski definition) is 7. The van der Waals surface area contributed by atoms with E-state index < -0.39 is 27.7 Å². The molecular formula is C22H16N2O7. The molecule has 9 heteroatoms. The van der Waals surface area contributed by atoms with Crippen molar-refractivity contribution >= 4 is 23.1 Å². The molecule has 31 heavy (non-hydrogen) atoms. The maximum Gasteiger partial charge on any atom is 0.339 e. The highest BCUT2D eigenvalue weighted by Crippen LogP contribution is 2.27. The number of ether oxygens (including phenoxy) is 1. The highest BCUT2D eigenvalue weighted by atomic mass is 16.6. The van der Waals surface area contributed by atoms with E-state index in [9.17, 15) is 29.8 Å². The number of aryl methyl sites for hydroxylation is 1. The van der Waals surface area contributed by atoms with Crippen molar-refractivity contribution in [1.29, 1.82) is 0 Å². The van der Waals surface area contributed by atoms with E-state index >= 15 is 0 Å². The van der Waals surface area contributed by atoms with Crippen LogP contribution in [-0.4, -0.2) is 21.6 Å². The maximum atomic E-state index is 13.0. The third-order valence-electron chi connectivity index (χ3n) is 4.56. The maximum absolute atomic E-state index is 13.0. The molecule has 0 N–H and O–H groups in total. The first kappa shape index (κ1) is 21.3. The molecule has 0 aliphatic heterocycles. The van der Waals surface area contributed by atoms with Crippen LogP contribution in [0.4, 0.5) is 11.4 Å². The summed E-state index contributed by atoms with van der Waals surface area (Å²) in [5, 5.41) is 21.9. The Morgan fingerprint density at radius 2 is 1.48 bits per heavy atom. The van der Waals surface area contributed by atoms with Gasteiger partial charge in [0, 0.05) is 34.9 Å². The van der Waals surface area contributed by atoms with Gasteiger partial charge in [0.15, 0.2) is 6.10 Å². The lowest BCUT2D eigenvalue weighted by Crippen LogP contribution is -2.20. The van der Waals surface area contributed by atoms with Crippen molar-refractivity contribution in [3.8, 4) is 0 Å². The molecule has 1 atom stereocenters. The molecule has 3 aromatic carbocycles. The predicted molar refractivity (Wildman–Crippen MR) is 110 cm³/mol. The summed E-state index contributed by atoms with van der Waals surface area (Å²) in [7, 11) is 0. The van der Waals surface area contributed by atoms with Crippen LogP contribution in [0.3, 0.4) is 0 Å². The van der Waals surface area contributed by atoms with Crippen LogP contribution < -0.4 is 0 Å². The first-order valence-electron chi connectivity index (χ1n) is 9.07. The van der Waals surface area contributed by atoms with Crippen molar-refractivity contribution in [3.63, 3.8) is 0 Å². The van der Waals surface area contributed by atoms with Gasteiger partial charge in [-0.05, 0) is 31.2 Å². The second kappa shape index (κ2) is 8.95. The Bertz CT molecular complexity index is 1160. The smallest absolute Gasteiger partial charge is 0.339 e. The van der Waals surface area contributed by atoms with E-state index in [4.69, 9.17) is 4.74 Å². The summed E-state index contributed by atoms with van der Waals surface area (Å²) in [6.45, 7) is 1.48. The molecule has 0 saturated heterocycles. The Hall–Kier alpha value is -4.40. The van der Waals surface area contributed by atoms with Crippen LogP contribution in [0.15, 0.2) is 72.8 Å². The zero-order valence-electron chi connectivity index (χ0n) is 16.3. The van der Waals surface area contributed by atoms with E-state index in [0.29, 0.717) is 5.56 Å². The number of nitro groups is 2. The normalized spacial score (nSPS) is 11.4. The quantitative estimate of drug-likeness (QED) is 0.236. The number of hydrogen-bond donors (Lipinski definition) is 0. The number of nitrogens with zero attached hydrogens (tertiary/aromatic N) is 2. The number of esters is 1. The van der Waals surface area contributed by atoms with Gasteiger partial charge in [0.05, 0.1) is 15.4 Å². The predicted octanol–water partition coefficient (Wildman–Crippen LogP) is 4.59. The Morgan fingerprint density at radius 1 is 0.839 bits per heavy atom. The molecule has 0 radical (unpaired) electrons. The third kappa shape index (κ3) is 4.78. The van der Waals surface area contributed by atoms with Crippen molar-refractivity contribution in [1.82, 2.24) is 0 Å². The summed E-state index contributed by atoms with van der Waals surface area (Å²) in [6, 6.07) is 17.0. The lowest BCUT2D eigenvalue weighted by molar-refractivity contribution is -0.385. The van der Waals surface area contributed by atoms with E-state index in [0.717, 1.165) is 0 Å². The minimum Gasteiger partial charge on any atom is -0.445 e. The zero-order valence-corrected chi connectivity index (χ0v) is 16.3. The fraction of sp³-hybridized carbons (Fsp3) is 0.0909. The second-order valence-electron chi connectivity index (χ2n) is 6.62. The van der Waals surface area contributed by atoms with Crippen LogP contribution in [0.25, 0.3) is 0 Å². The number of ketones is 1. The largest absolute Gasteiger partial charge is 0.445 e. The molecule has 0 aromatic heterocycles. The summed E-state index contributed by atoms with van der Waals surface area (Å²) >= 11 is 0. The number of nitro benzene ring substituents is 2. The van der Waals surface area contributed by atoms with Gasteiger partial charge in [0.2, 0.25) is 5.78 Å². The fourth-order valence-electron chi connectivity index (χ4n) is 2.96. The molecule has 156 valence electrons. The first-order valence-corrected chi connectivity index (χ1v) is 9.07. The van der Waals surface area contributed by atoms with E-state index in [1.807, 2.05) is 0 Å². The molecule has 0 fully saturated rings. The van der Waals surface area contributed by atoms with Gasteiger partial charge in [-0.1, -0.05) is 30.3 Å². The Kier molecular flexibility index (Phi) is 6.15. The van der Waals surface area contributed by atoms with E-state index in [1.54, 1.807) is 30.3 Å². The van der Waals surface area contributed by atoms with Crippen LogP contribution >= 0.6 is 0 Å². The first-order chi connectivity index (χ1) is 14.8. The molecule has 3 rings (SSSR count). The summed E-state index contributed by atoms with van der Waals surface area (Å²) < 4.78 is 5.47. The molecule has 0 aliphatic carbocycles. The van der Waals surface area contributed by atoms with Gasteiger partial charge in [-0.2, -0.15) is 0 Å². The Balaban J connectivity index is 1.95. The Morgan fingerprint density at radius 3 is 2.03 bits per heavy atom. The van der Waals surface area contributed by atoms with Crippen molar-refractivity contribution in [2.24, 2.45) is 0 Å². The summed E-state index contributed by atoms with van der Waals surface area (Å²) in [5.74, 6) is -1.37. The van der Waals surface area contributed by atoms with E-state index in [-0.39, 0.29) is 28.1 Å². The topological polar surface area (TPSA) is 130 Å². The second-order valence-corrected chi connectivity index (χ2v) is 6.62. The number of carbonyl (C=O) groups excluding carboxylic acids is 2. The van der Waals surface area contributed by atoms with E-state index in [1.165, 1.54) is 49.4 Å². The third-order valence-corrected chi connectivity index (χ3v) is 4.56.